The molecular formula is C21H15ClF3N3O3. The quantitative estimate of drug-likeness (QED) is 0.564. The molecule has 2 amide bonds. The Bertz CT molecular complexity index is 1120. The SMILES string of the molecule is CNC(=O)c1cc(Oc2ccc(C(=O)Nc3ccc(Cl)c(C(F)(F)F)c3)cc2)ccn1. The van der Waals surface area contributed by atoms with Crippen molar-refractivity contribution in [2.24, 2.45) is 0 Å². The molecule has 0 unspecified atom stereocenters. The van der Waals surface area contributed by atoms with E-state index in [0.29, 0.717) is 11.5 Å². The Morgan fingerprint density at radius 2 is 1.68 bits per heavy atom. The Morgan fingerprint density at radius 1 is 0.968 bits per heavy atom. The zero-order valence-corrected chi connectivity index (χ0v) is 16.7. The van der Waals surface area contributed by atoms with Crippen molar-refractivity contribution in [3.8, 4) is 11.5 Å². The highest BCUT2D eigenvalue weighted by Gasteiger charge is 2.33. The highest BCUT2D eigenvalue weighted by atomic mass is 35.5. The average molecular weight is 450 g/mol. The molecular weight excluding hydrogens is 435 g/mol. The Kier molecular flexibility index (Phi) is 6.45. The van der Waals surface area contributed by atoms with E-state index in [4.69, 9.17) is 16.3 Å². The van der Waals surface area contributed by atoms with Gasteiger partial charge in [-0.3, -0.25) is 14.6 Å². The number of benzene rings is 2. The second-order valence-electron chi connectivity index (χ2n) is 6.23. The second kappa shape index (κ2) is 9.05. The van der Waals surface area contributed by atoms with Crippen LogP contribution in [0.2, 0.25) is 5.02 Å². The van der Waals surface area contributed by atoms with Gasteiger partial charge < -0.3 is 15.4 Å². The van der Waals surface area contributed by atoms with Crippen LogP contribution in [0.1, 0.15) is 26.4 Å². The largest absolute Gasteiger partial charge is 0.457 e. The Labute approximate surface area is 180 Å². The van der Waals surface area contributed by atoms with Crippen molar-refractivity contribution in [2.75, 3.05) is 12.4 Å². The fourth-order valence-corrected chi connectivity index (χ4v) is 2.79. The first kappa shape index (κ1) is 22.1. The van der Waals surface area contributed by atoms with Crippen LogP contribution in [0.15, 0.2) is 60.8 Å². The van der Waals surface area contributed by atoms with Gasteiger partial charge in [0.1, 0.15) is 17.2 Å². The van der Waals surface area contributed by atoms with E-state index < -0.39 is 22.7 Å². The highest BCUT2D eigenvalue weighted by molar-refractivity contribution is 6.31. The predicted molar refractivity (Wildman–Crippen MR) is 109 cm³/mol. The van der Waals surface area contributed by atoms with Crippen molar-refractivity contribution in [1.29, 1.82) is 0 Å². The summed E-state index contributed by atoms with van der Waals surface area (Å²) in [5, 5.41) is 4.40. The van der Waals surface area contributed by atoms with Crippen LogP contribution in [0.5, 0.6) is 11.5 Å². The fourth-order valence-electron chi connectivity index (χ4n) is 2.56. The van der Waals surface area contributed by atoms with Gasteiger partial charge in [-0.15, -0.1) is 0 Å². The predicted octanol–water partition coefficient (Wildman–Crippen LogP) is 5.16. The summed E-state index contributed by atoms with van der Waals surface area (Å²) < 4.78 is 44.5. The highest BCUT2D eigenvalue weighted by Crippen LogP contribution is 2.36. The van der Waals surface area contributed by atoms with Crippen LogP contribution in [0, 0.1) is 0 Å². The van der Waals surface area contributed by atoms with Crippen molar-refractivity contribution < 1.29 is 27.5 Å². The molecule has 0 bridgehead atoms. The molecule has 31 heavy (non-hydrogen) atoms. The maximum atomic E-state index is 13.0. The third kappa shape index (κ3) is 5.52. The number of nitrogens with one attached hydrogen (secondary N) is 2. The van der Waals surface area contributed by atoms with Crippen LogP contribution in [-0.4, -0.2) is 23.8 Å². The summed E-state index contributed by atoms with van der Waals surface area (Å²) in [5.74, 6) is -0.218. The van der Waals surface area contributed by atoms with Crippen LogP contribution >= 0.6 is 11.6 Å². The van der Waals surface area contributed by atoms with Gasteiger partial charge in [-0.25, -0.2) is 0 Å². The number of rotatable bonds is 5. The zero-order chi connectivity index (χ0) is 22.6. The van der Waals surface area contributed by atoms with E-state index in [9.17, 15) is 22.8 Å². The minimum Gasteiger partial charge on any atom is -0.457 e. The molecule has 0 aliphatic rings. The number of alkyl halides is 3. The number of pyridine rings is 1. The Morgan fingerprint density at radius 3 is 2.32 bits per heavy atom. The summed E-state index contributed by atoms with van der Waals surface area (Å²) in [4.78, 5) is 27.9. The lowest BCUT2D eigenvalue weighted by atomic mass is 10.1. The molecule has 0 radical (unpaired) electrons. The van der Waals surface area contributed by atoms with Gasteiger partial charge in [0.15, 0.2) is 0 Å². The van der Waals surface area contributed by atoms with Gasteiger partial charge in [0, 0.05) is 30.6 Å². The fraction of sp³-hybridized carbons (Fsp3) is 0.0952. The molecule has 0 spiro atoms. The first-order valence-electron chi connectivity index (χ1n) is 8.81. The number of ether oxygens (including phenoxy) is 1. The third-order valence-corrected chi connectivity index (χ3v) is 4.40. The molecule has 10 heteroatoms. The van der Waals surface area contributed by atoms with Gasteiger partial charge in [-0.05, 0) is 48.5 Å². The van der Waals surface area contributed by atoms with Crippen LogP contribution in [-0.2, 0) is 6.18 Å². The van der Waals surface area contributed by atoms with E-state index in [1.807, 2.05) is 0 Å². The van der Waals surface area contributed by atoms with Gasteiger partial charge in [0.05, 0.1) is 10.6 Å². The van der Waals surface area contributed by atoms with Gasteiger partial charge in [0.25, 0.3) is 11.8 Å². The number of carbonyl (C=O) groups excluding carboxylic acids is 2. The summed E-state index contributed by atoms with van der Waals surface area (Å²) in [6.45, 7) is 0. The number of nitrogens with zero attached hydrogens (tertiary/aromatic N) is 1. The number of amides is 2. The van der Waals surface area contributed by atoms with Crippen molar-refractivity contribution in [3.05, 3.63) is 82.6 Å². The number of hydrogen-bond donors (Lipinski definition) is 2. The van der Waals surface area contributed by atoms with Gasteiger partial charge in [0.2, 0.25) is 0 Å². The van der Waals surface area contributed by atoms with E-state index in [0.717, 1.165) is 12.1 Å². The molecule has 1 heterocycles. The maximum absolute atomic E-state index is 13.0. The molecule has 0 saturated heterocycles. The standard InChI is InChI=1S/C21H15ClF3N3O3/c1-26-20(30)18-11-15(8-9-27-18)31-14-5-2-12(3-6-14)19(29)28-13-4-7-17(22)16(10-13)21(23,24)25/h2-11H,1H3,(H,26,30)(H,28,29). The van der Waals surface area contributed by atoms with Gasteiger partial charge in [-0.1, -0.05) is 11.6 Å². The summed E-state index contributed by atoms with van der Waals surface area (Å²) in [7, 11) is 1.48. The van der Waals surface area contributed by atoms with Gasteiger partial charge in [-0.2, -0.15) is 13.2 Å². The molecule has 6 nitrogen and oxygen atoms in total. The first-order chi connectivity index (χ1) is 14.7. The lowest BCUT2D eigenvalue weighted by Crippen LogP contribution is -2.18. The molecule has 0 fully saturated rings. The normalized spacial score (nSPS) is 11.0. The molecule has 2 aromatic carbocycles. The molecule has 0 aliphatic carbocycles. The summed E-state index contributed by atoms with van der Waals surface area (Å²) in [6, 6.07) is 12.1. The van der Waals surface area contributed by atoms with E-state index in [1.165, 1.54) is 49.6 Å². The lowest BCUT2D eigenvalue weighted by molar-refractivity contribution is -0.137. The minimum absolute atomic E-state index is 0.0411. The Hall–Kier alpha value is -3.59. The number of halogens is 4. The van der Waals surface area contributed by atoms with E-state index in [-0.39, 0.29) is 22.9 Å². The summed E-state index contributed by atoms with van der Waals surface area (Å²) in [5.41, 5.74) is -0.696. The monoisotopic (exact) mass is 449 g/mol. The van der Waals surface area contributed by atoms with Crippen LogP contribution in [0.4, 0.5) is 18.9 Å². The number of aromatic nitrogens is 1. The minimum atomic E-state index is -4.64. The van der Waals surface area contributed by atoms with Crippen LogP contribution in [0.3, 0.4) is 0 Å². The van der Waals surface area contributed by atoms with Crippen molar-refractivity contribution in [1.82, 2.24) is 10.3 Å². The molecule has 0 saturated carbocycles. The molecule has 160 valence electrons. The van der Waals surface area contributed by atoms with E-state index in [1.54, 1.807) is 6.07 Å². The molecule has 0 aliphatic heterocycles. The van der Waals surface area contributed by atoms with E-state index in [2.05, 4.69) is 15.6 Å². The molecule has 3 rings (SSSR count). The molecule has 0 atom stereocenters. The average Bonchev–Trinajstić information content (AvgIpc) is 2.74. The third-order valence-electron chi connectivity index (χ3n) is 4.07. The maximum Gasteiger partial charge on any atom is 0.417 e. The molecule has 3 aromatic rings. The van der Waals surface area contributed by atoms with Crippen molar-refractivity contribution >= 4 is 29.1 Å². The van der Waals surface area contributed by atoms with Crippen LogP contribution < -0.4 is 15.4 Å². The number of anilines is 1. The molecule has 2 N–H and O–H groups in total. The van der Waals surface area contributed by atoms with Crippen molar-refractivity contribution in [2.45, 2.75) is 6.18 Å². The Balaban J connectivity index is 1.71. The van der Waals surface area contributed by atoms with Gasteiger partial charge >= 0.3 is 6.18 Å². The van der Waals surface area contributed by atoms with Crippen molar-refractivity contribution in [3.63, 3.8) is 0 Å². The number of hydrogen-bond acceptors (Lipinski definition) is 4. The smallest absolute Gasteiger partial charge is 0.417 e. The van der Waals surface area contributed by atoms with E-state index >= 15 is 0 Å². The first-order valence-corrected chi connectivity index (χ1v) is 9.19. The second-order valence-corrected chi connectivity index (χ2v) is 6.64. The lowest BCUT2D eigenvalue weighted by Gasteiger charge is -2.12. The topological polar surface area (TPSA) is 80.3 Å². The summed E-state index contributed by atoms with van der Waals surface area (Å²) >= 11 is 5.58. The summed E-state index contributed by atoms with van der Waals surface area (Å²) in [6.07, 6.45) is -3.22. The number of carbonyl (C=O) groups is 2. The van der Waals surface area contributed by atoms with Crippen LogP contribution in [0.25, 0.3) is 0 Å². The zero-order valence-electron chi connectivity index (χ0n) is 16.0. The molecule has 1 aromatic heterocycles.